The molecule has 6 nitrogen and oxygen atoms in total. The summed E-state index contributed by atoms with van der Waals surface area (Å²) in [6, 6.07) is 0.587. The maximum Gasteiger partial charge on any atom is 0.351 e. The molecule has 0 saturated carbocycles. The number of carbonyl (C=O) groups is 1. The van der Waals surface area contributed by atoms with Crippen LogP contribution in [0.5, 0.6) is 0 Å². The Morgan fingerprint density at radius 2 is 1.62 bits per heavy atom. The van der Waals surface area contributed by atoms with E-state index in [0.29, 0.717) is 6.04 Å². The number of hydrazine groups is 1. The maximum absolute atomic E-state index is 10.1. The fourth-order valence-corrected chi connectivity index (χ4v) is 0.274. The zero-order valence-electron chi connectivity index (χ0n) is 10.4. The van der Waals surface area contributed by atoms with Gasteiger partial charge in [-0.2, -0.15) is 5.10 Å². The average molecular weight is 255 g/mol. The molecule has 0 heterocycles. The second kappa shape index (κ2) is 12.2. The molecule has 0 spiro atoms. The smallest absolute Gasteiger partial charge is 0.351 e. The molecule has 0 bridgehead atoms. The third kappa shape index (κ3) is 18.8. The first-order valence-corrected chi connectivity index (χ1v) is 4.80. The number of hydrazone groups is 1. The Balaban J connectivity index is -0.000000242. The monoisotopic (exact) mass is 254 g/mol. The zero-order chi connectivity index (χ0) is 12.4. The van der Waals surface area contributed by atoms with Crippen LogP contribution in [0.15, 0.2) is 5.10 Å². The number of aliphatic carboxylic acids is 1. The summed E-state index contributed by atoms with van der Waals surface area (Å²) < 4.78 is 0. The van der Waals surface area contributed by atoms with E-state index in [1.807, 2.05) is 27.7 Å². The van der Waals surface area contributed by atoms with E-state index in [9.17, 15) is 4.79 Å². The molecule has 0 radical (unpaired) electrons. The van der Waals surface area contributed by atoms with Crippen molar-refractivity contribution < 1.29 is 9.90 Å². The lowest BCUT2D eigenvalue weighted by Gasteiger charge is -2.02. The quantitative estimate of drug-likeness (QED) is 0.337. The van der Waals surface area contributed by atoms with Gasteiger partial charge in [0.05, 0.1) is 0 Å². The van der Waals surface area contributed by atoms with Gasteiger partial charge in [-0.15, -0.1) is 12.4 Å². The first-order valence-electron chi connectivity index (χ1n) is 4.80. The largest absolute Gasteiger partial charge is 0.477 e. The zero-order valence-corrected chi connectivity index (χ0v) is 11.3. The molecule has 0 amide bonds. The first kappa shape index (κ1) is 20.5. The molecule has 7 heteroatoms. The molecule has 0 aliphatic carbocycles. The molecule has 0 aliphatic rings. The minimum atomic E-state index is -0.992. The summed E-state index contributed by atoms with van der Waals surface area (Å²) in [6.07, 6.45) is 0. The van der Waals surface area contributed by atoms with Crippen LogP contribution in [-0.4, -0.2) is 28.9 Å². The summed E-state index contributed by atoms with van der Waals surface area (Å²) >= 11 is 0. The molecule has 5 N–H and O–H groups in total. The van der Waals surface area contributed by atoms with Crippen molar-refractivity contribution in [2.24, 2.45) is 10.9 Å². The van der Waals surface area contributed by atoms with Crippen molar-refractivity contribution in [2.75, 3.05) is 0 Å². The van der Waals surface area contributed by atoms with E-state index in [4.69, 9.17) is 10.9 Å². The minimum Gasteiger partial charge on any atom is -0.477 e. The number of carboxylic acid groups (broad SMARTS) is 1. The molecule has 16 heavy (non-hydrogen) atoms. The molecule has 0 saturated heterocycles. The highest BCUT2D eigenvalue weighted by Crippen LogP contribution is 1.78. The van der Waals surface area contributed by atoms with Crippen LogP contribution in [0.1, 0.15) is 34.6 Å². The summed E-state index contributed by atoms with van der Waals surface area (Å²) in [5, 5.41) is 11.9. The number of rotatable bonds is 4. The standard InChI is InChI=1S/C6H12N2O2.C3H10N2.ClH/c1-4(2)7-8-5(3)6(9)10;1-3(2)5-4;/h4,7H,1-3H3,(H,9,10);3,5H,4H2,1-2H3;1H. The van der Waals surface area contributed by atoms with Gasteiger partial charge in [0.1, 0.15) is 5.71 Å². The first-order chi connectivity index (χ1) is 6.81. The second-order valence-corrected chi connectivity index (χ2v) is 3.61. The van der Waals surface area contributed by atoms with Gasteiger partial charge < -0.3 is 10.5 Å². The van der Waals surface area contributed by atoms with Crippen molar-refractivity contribution in [1.82, 2.24) is 10.9 Å². The molecule has 0 atom stereocenters. The lowest BCUT2D eigenvalue weighted by molar-refractivity contribution is -0.129. The number of hydrogen-bond acceptors (Lipinski definition) is 5. The van der Waals surface area contributed by atoms with Crippen LogP contribution in [0.2, 0.25) is 0 Å². The van der Waals surface area contributed by atoms with E-state index in [1.54, 1.807) is 0 Å². The van der Waals surface area contributed by atoms with E-state index in [0.717, 1.165) is 0 Å². The number of halogens is 1. The third-order valence-corrected chi connectivity index (χ3v) is 1.13. The highest BCUT2D eigenvalue weighted by atomic mass is 35.5. The SMILES string of the molecule is CC(=NNC(C)C)C(=O)O.CC(C)NN.Cl. The van der Waals surface area contributed by atoms with E-state index in [2.05, 4.69) is 16.0 Å². The minimum absolute atomic E-state index is 0. The predicted octanol–water partition coefficient (Wildman–Crippen LogP) is 0.725. The highest BCUT2D eigenvalue weighted by Gasteiger charge is 2.00. The van der Waals surface area contributed by atoms with Gasteiger partial charge in [0, 0.05) is 12.1 Å². The third-order valence-electron chi connectivity index (χ3n) is 1.13. The van der Waals surface area contributed by atoms with E-state index < -0.39 is 5.97 Å². The molecule has 0 fully saturated rings. The second-order valence-electron chi connectivity index (χ2n) is 3.61. The Kier molecular flexibility index (Phi) is 15.7. The van der Waals surface area contributed by atoms with E-state index in [1.165, 1.54) is 6.92 Å². The molecule has 98 valence electrons. The van der Waals surface area contributed by atoms with Crippen LogP contribution in [-0.2, 0) is 4.79 Å². The van der Waals surface area contributed by atoms with Gasteiger partial charge in [-0.25, -0.2) is 4.79 Å². The molecule has 0 aliphatic heterocycles. The summed E-state index contributed by atoms with van der Waals surface area (Å²) in [6.45, 7) is 9.19. The molecule has 0 unspecified atom stereocenters. The fraction of sp³-hybridized carbons (Fsp3) is 0.778. The number of hydrogen-bond donors (Lipinski definition) is 4. The van der Waals surface area contributed by atoms with Crippen molar-refractivity contribution in [2.45, 2.75) is 46.7 Å². The van der Waals surface area contributed by atoms with Crippen LogP contribution in [0.3, 0.4) is 0 Å². The van der Waals surface area contributed by atoms with Crippen LogP contribution in [0, 0.1) is 0 Å². The molecule has 0 aromatic heterocycles. The van der Waals surface area contributed by atoms with Gasteiger partial charge in [0.15, 0.2) is 0 Å². The fourth-order valence-electron chi connectivity index (χ4n) is 0.274. The predicted molar refractivity (Wildman–Crippen MR) is 68.7 cm³/mol. The summed E-state index contributed by atoms with van der Waals surface area (Å²) in [7, 11) is 0. The number of carboxylic acids is 1. The highest BCUT2D eigenvalue weighted by molar-refractivity contribution is 6.34. The van der Waals surface area contributed by atoms with Crippen molar-refractivity contribution in [3.8, 4) is 0 Å². The van der Waals surface area contributed by atoms with E-state index in [-0.39, 0.29) is 24.2 Å². The molecular weight excluding hydrogens is 232 g/mol. The number of nitrogens with zero attached hydrogens (tertiary/aromatic N) is 1. The summed E-state index contributed by atoms with van der Waals surface area (Å²) in [5.74, 6) is 3.93. The van der Waals surface area contributed by atoms with Crippen molar-refractivity contribution in [3.63, 3.8) is 0 Å². The average Bonchev–Trinajstić information content (AvgIpc) is 2.14. The Hall–Kier alpha value is -0.850. The summed E-state index contributed by atoms with van der Waals surface area (Å²) in [5.41, 5.74) is 5.24. The van der Waals surface area contributed by atoms with Crippen LogP contribution >= 0.6 is 12.4 Å². The van der Waals surface area contributed by atoms with Crippen LogP contribution in [0.25, 0.3) is 0 Å². The van der Waals surface area contributed by atoms with Crippen molar-refractivity contribution in [3.05, 3.63) is 0 Å². The summed E-state index contributed by atoms with van der Waals surface area (Å²) in [4.78, 5) is 10.1. The van der Waals surface area contributed by atoms with Crippen LogP contribution in [0.4, 0.5) is 0 Å². The van der Waals surface area contributed by atoms with Gasteiger partial charge in [-0.3, -0.25) is 11.3 Å². The lowest BCUT2D eigenvalue weighted by atomic mass is 10.4. The number of nitrogens with two attached hydrogens (primary N) is 1. The van der Waals surface area contributed by atoms with Crippen LogP contribution < -0.4 is 16.7 Å². The molecule has 0 aromatic carbocycles. The Morgan fingerprint density at radius 3 is 1.81 bits per heavy atom. The Bertz CT molecular complexity index is 208. The topological polar surface area (TPSA) is 99.7 Å². The van der Waals surface area contributed by atoms with Crippen molar-refractivity contribution >= 4 is 24.1 Å². The lowest BCUT2D eigenvalue weighted by Crippen LogP contribution is -2.29. The molecule has 0 rings (SSSR count). The van der Waals surface area contributed by atoms with Gasteiger partial charge in [-0.1, -0.05) is 0 Å². The van der Waals surface area contributed by atoms with Crippen molar-refractivity contribution in [1.29, 1.82) is 0 Å². The van der Waals surface area contributed by atoms with Gasteiger partial charge >= 0.3 is 5.97 Å². The normalized spacial score (nSPS) is 10.4. The molecule has 0 aromatic rings. The van der Waals surface area contributed by atoms with Gasteiger partial charge in [-0.05, 0) is 34.6 Å². The van der Waals surface area contributed by atoms with Gasteiger partial charge in [0.25, 0.3) is 0 Å². The number of nitrogens with one attached hydrogen (secondary N) is 2. The van der Waals surface area contributed by atoms with Gasteiger partial charge in [0.2, 0.25) is 0 Å². The maximum atomic E-state index is 10.1. The Labute approximate surface area is 103 Å². The molecular formula is C9H23ClN4O2. The Morgan fingerprint density at radius 1 is 1.25 bits per heavy atom. The van der Waals surface area contributed by atoms with E-state index >= 15 is 0 Å².